The van der Waals surface area contributed by atoms with Crippen LogP contribution >= 0.6 is 11.6 Å². The molecule has 0 radical (unpaired) electrons. The van der Waals surface area contributed by atoms with Crippen LogP contribution in [0.25, 0.3) is 0 Å². The molecule has 0 aliphatic rings. The second-order valence-corrected chi connectivity index (χ2v) is 2.86. The third-order valence-corrected chi connectivity index (χ3v) is 1.90. The number of ketones is 1. The summed E-state index contributed by atoms with van der Waals surface area (Å²) in [5, 5.41) is 8.45. The van der Waals surface area contributed by atoms with Crippen molar-refractivity contribution in [2.24, 2.45) is 0 Å². The number of nitriles is 1. The minimum absolute atomic E-state index is 0.0179. The minimum atomic E-state index is -0.110. The number of hydrogen-bond acceptors (Lipinski definition) is 2. The maximum Gasteiger partial charge on any atom is 0.177 e. The third kappa shape index (κ3) is 2.57. The molecule has 0 amide bonds. The van der Waals surface area contributed by atoms with E-state index in [1.54, 1.807) is 18.2 Å². The molecule has 0 atom stereocenters. The molecule has 0 aromatic heterocycles. The summed E-state index contributed by atoms with van der Waals surface area (Å²) in [6.45, 7) is 0. The first kappa shape index (κ1) is 9.76. The summed E-state index contributed by atoms with van der Waals surface area (Å²) < 4.78 is 0. The second kappa shape index (κ2) is 4.64. The standard InChI is InChI=1S/C10H8ClNO/c11-7-10(13)9-3-1-2-8(6-9)4-5-12/h1-3,6H,4,7H2. The van der Waals surface area contributed by atoms with E-state index in [4.69, 9.17) is 16.9 Å². The molecule has 1 rings (SSSR count). The van der Waals surface area contributed by atoms with E-state index in [0.29, 0.717) is 12.0 Å². The van der Waals surface area contributed by atoms with Crippen LogP contribution in [0, 0.1) is 11.3 Å². The van der Waals surface area contributed by atoms with Crippen LogP contribution in [0.2, 0.25) is 0 Å². The van der Waals surface area contributed by atoms with Crippen LogP contribution in [-0.2, 0) is 6.42 Å². The van der Waals surface area contributed by atoms with E-state index in [1.807, 2.05) is 12.1 Å². The number of halogens is 1. The molecule has 0 fully saturated rings. The van der Waals surface area contributed by atoms with Gasteiger partial charge >= 0.3 is 0 Å². The van der Waals surface area contributed by atoms with Gasteiger partial charge in [0.05, 0.1) is 18.4 Å². The molecule has 3 heteroatoms. The van der Waals surface area contributed by atoms with Crippen LogP contribution in [0.3, 0.4) is 0 Å². The normalized spacial score (nSPS) is 9.23. The molecule has 0 heterocycles. The fourth-order valence-corrected chi connectivity index (χ4v) is 1.18. The lowest BCUT2D eigenvalue weighted by Crippen LogP contribution is -2.00. The highest BCUT2D eigenvalue weighted by atomic mass is 35.5. The van der Waals surface area contributed by atoms with Crippen molar-refractivity contribution in [2.75, 3.05) is 5.88 Å². The average molecular weight is 194 g/mol. The number of nitrogens with zero attached hydrogens (tertiary/aromatic N) is 1. The highest BCUT2D eigenvalue weighted by Gasteiger charge is 2.03. The number of hydrogen-bond donors (Lipinski definition) is 0. The highest BCUT2D eigenvalue weighted by molar-refractivity contribution is 6.30. The van der Waals surface area contributed by atoms with Crippen molar-refractivity contribution >= 4 is 17.4 Å². The quantitative estimate of drug-likeness (QED) is 0.545. The van der Waals surface area contributed by atoms with Crippen molar-refractivity contribution in [2.45, 2.75) is 6.42 Å². The summed E-state index contributed by atoms with van der Waals surface area (Å²) in [6.07, 6.45) is 0.323. The Kier molecular flexibility index (Phi) is 3.48. The van der Waals surface area contributed by atoms with Crippen molar-refractivity contribution < 1.29 is 4.79 Å². The Morgan fingerprint density at radius 1 is 1.54 bits per heavy atom. The summed E-state index contributed by atoms with van der Waals surface area (Å²) in [6, 6.07) is 9.00. The molecular weight excluding hydrogens is 186 g/mol. The molecule has 0 saturated carbocycles. The van der Waals surface area contributed by atoms with E-state index in [1.165, 1.54) is 0 Å². The number of rotatable bonds is 3. The van der Waals surface area contributed by atoms with E-state index >= 15 is 0 Å². The lowest BCUT2D eigenvalue weighted by Gasteiger charge is -1.98. The van der Waals surface area contributed by atoms with Gasteiger partial charge in [-0.2, -0.15) is 5.26 Å². The summed E-state index contributed by atoms with van der Waals surface area (Å²) in [7, 11) is 0. The molecule has 1 aromatic rings. The molecule has 0 bridgehead atoms. The lowest BCUT2D eigenvalue weighted by molar-refractivity contribution is 0.102. The van der Waals surface area contributed by atoms with E-state index in [2.05, 4.69) is 0 Å². The largest absolute Gasteiger partial charge is 0.293 e. The van der Waals surface area contributed by atoms with Crippen molar-refractivity contribution in [3.63, 3.8) is 0 Å². The van der Waals surface area contributed by atoms with Gasteiger partial charge in [-0.25, -0.2) is 0 Å². The fourth-order valence-electron chi connectivity index (χ4n) is 1.02. The Labute approximate surface area is 81.7 Å². The highest BCUT2D eigenvalue weighted by Crippen LogP contribution is 2.07. The van der Waals surface area contributed by atoms with Gasteiger partial charge in [0.15, 0.2) is 5.78 Å². The van der Waals surface area contributed by atoms with Crippen LogP contribution < -0.4 is 0 Å². The zero-order chi connectivity index (χ0) is 9.68. The van der Waals surface area contributed by atoms with Gasteiger partial charge in [0.1, 0.15) is 0 Å². The summed E-state index contributed by atoms with van der Waals surface area (Å²) in [5.74, 6) is -0.128. The Morgan fingerprint density at radius 2 is 2.31 bits per heavy atom. The Balaban J connectivity index is 2.93. The fraction of sp³-hybridized carbons (Fsp3) is 0.200. The molecule has 0 aliphatic carbocycles. The maximum absolute atomic E-state index is 11.2. The second-order valence-electron chi connectivity index (χ2n) is 2.59. The Hall–Kier alpha value is -1.33. The monoisotopic (exact) mass is 193 g/mol. The van der Waals surface area contributed by atoms with Crippen molar-refractivity contribution in [3.05, 3.63) is 35.4 Å². The number of carbonyl (C=O) groups is 1. The van der Waals surface area contributed by atoms with Gasteiger partial charge in [0.2, 0.25) is 0 Å². The molecule has 2 nitrogen and oxygen atoms in total. The minimum Gasteiger partial charge on any atom is -0.293 e. The van der Waals surface area contributed by atoms with Gasteiger partial charge in [-0.1, -0.05) is 18.2 Å². The molecule has 0 aliphatic heterocycles. The van der Waals surface area contributed by atoms with Gasteiger partial charge in [-0.15, -0.1) is 11.6 Å². The SMILES string of the molecule is N#CCc1cccc(C(=O)CCl)c1. The average Bonchev–Trinajstić information content (AvgIpc) is 2.18. The third-order valence-electron chi connectivity index (χ3n) is 1.65. The Morgan fingerprint density at radius 3 is 2.92 bits per heavy atom. The summed E-state index contributed by atoms with van der Waals surface area (Å²) >= 11 is 5.40. The molecular formula is C10H8ClNO. The topological polar surface area (TPSA) is 40.9 Å². The van der Waals surface area contributed by atoms with Gasteiger partial charge in [-0.3, -0.25) is 4.79 Å². The first-order chi connectivity index (χ1) is 6.27. The van der Waals surface area contributed by atoms with E-state index in [0.717, 1.165) is 5.56 Å². The lowest BCUT2D eigenvalue weighted by atomic mass is 10.1. The first-order valence-corrected chi connectivity index (χ1v) is 4.36. The van der Waals surface area contributed by atoms with Crippen LogP contribution in [0.1, 0.15) is 15.9 Å². The van der Waals surface area contributed by atoms with Gasteiger partial charge < -0.3 is 0 Å². The van der Waals surface area contributed by atoms with Crippen molar-refractivity contribution in [1.29, 1.82) is 5.26 Å². The van der Waals surface area contributed by atoms with Crippen molar-refractivity contribution in [3.8, 4) is 6.07 Å². The molecule has 0 spiro atoms. The molecule has 0 N–H and O–H groups in total. The maximum atomic E-state index is 11.2. The van der Waals surface area contributed by atoms with Gasteiger partial charge in [0, 0.05) is 5.56 Å². The summed E-state index contributed by atoms with van der Waals surface area (Å²) in [5.41, 5.74) is 1.42. The molecule has 0 unspecified atom stereocenters. The predicted molar refractivity (Wildman–Crippen MR) is 50.8 cm³/mol. The molecule has 0 saturated heterocycles. The first-order valence-electron chi connectivity index (χ1n) is 3.83. The van der Waals surface area contributed by atoms with Crippen LogP contribution in [0.15, 0.2) is 24.3 Å². The van der Waals surface area contributed by atoms with Crippen LogP contribution in [-0.4, -0.2) is 11.7 Å². The summed E-state index contributed by atoms with van der Waals surface area (Å²) in [4.78, 5) is 11.2. The number of benzene rings is 1. The van der Waals surface area contributed by atoms with Crippen LogP contribution in [0.4, 0.5) is 0 Å². The number of Topliss-reactive ketones (excluding diaryl/α,β-unsaturated/α-hetero) is 1. The molecule has 1 aromatic carbocycles. The number of alkyl halides is 1. The van der Waals surface area contributed by atoms with E-state index < -0.39 is 0 Å². The molecule has 66 valence electrons. The van der Waals surface area contributed by atoms with E-state index in [-0.39, 0.29) is 11.7 Å². The van der Waals surface area contributed by atoms with E-state index in [9.17, 15) is 4.79 Å². The zero-order valence-electron chi connectivity index (χ0n) is 6.96. The number of carbonyl (C=O) groups excluding carboxylic acids is 1. The predicted octanol–water partition coefficient (Wildman–Crippen LogP) is 2.17. The molecule has 13 heavy (non-hydrogen) atoms. The van der Waals surface area contributed by atoms with Gasteiger partial charge in [0.25, 0.3) is 0 Å². The Bertz CT molecular complexity index is 354. The van der Waals surface area contributed by atoms with Gasteiger partial charge in [-0.05, 0) is 11.6 Å². The zero-order valence-corrected chi connectivity index (χ0v) is 7.71. The van der Waals surface area contributed by atoms with Crippen molar-refractivity contribution in [1.82, 2.24) is 0 Å². The van der Waals surface area contributed by atoms with Crippen LogP contribution in [0.5, 0.6) is 0 Å². The smallest absolute Gasteiger partial charge is 0.177 e.